The summed E-state index contributed by atoms with van der Waals surface area (Å²) in [7, 11) is 3.33. The Morgan fingerprint density at radius 3 is 2.58 bits per heavy atom. The van der Waals surface area contributed by atoms with Crippen LogP contribution in [0, 0.1) is 0 Å². The number of nitrogens with zero attached hydrogens (tertiary/aromatic N) is 1. The van der Waals surface area contributed by atoms with Crippen molar-refractivity contribution in [3.8, 4) is 11.5 Å². The van der Waals surface area contributed by atoms with E-state index >= 15 is 0 Å². The molecule has 5 heteroatoms. The molecule has 0 fully saturated rings. The highest BCUT2D eigenvalue weighted by Gasteiger charge is 2.22. The zero-order chi connectivity index (χ0) is 16.9. The molecule has 1 unspecified atom stereocenters. The SMILES string of the molecule is COc1cc2c(cc1OC)C(CN=Cc1ccc(Cl)cc1)NCC2. The highest BCUT2D eigenvalue weighted by Crippen LogP contribution is 2.35. The number of methoxy groups -OCH3 is 2. The van der Waals surface area contributed by atoms with E-state index in [9.17, 15) is 0 Å². The predicted octanol–water partition coefficient (Wildman–Crippen LogP) is 3.66. The molecule has 1 aliphatic rings. The first kappa shape index (κ1) is 16.8. The van der Waals surface area contributed by atoms with Crippen LogP contribution in [-0.2, 0) is 6.42 Å². The fraction of sp³-hybridized carbons (Fsp3) is 0.316. The first-order valence-corrected chi connectivity index (χ1v) is 8.32. The van der Waals surface area contributed by atoms with Gasteiger partial charge in [-0.15, -0.1) is 0 Å². The van der Waals surface area contributed by atoms with Gasteiger partial charge >= 0.3 is 0 Å². The van der Waals surface area contributed by atoms with Gasteiger partial charge in [0.1, 0.15) is 0 Å². The van der Waals surface area contributed by atoms with Gasteiger partial charge in [0.25, 0.3) is 0 Å². The number of aliphatic imine (C=N–C) groups is 1. The van der Waals surface area contributed by atoms with Gasteiger partial charge in [-0.05, 0) is 53.9 Å². The lowest BCUT2D eigenvalue weighted by Gasteiger charge is -2.27. The maximum atomic E-state index is 5.90. The molecule has 0 radical (unpaired) electrons. The number of benzene rings is 2. The Morgan fingerprint density at radius 2 is 1.88 bits per heavy atom. The number of halogens is 1. The van der Waals surface area contributed by atoms with Gasteiger partial charge in [-0.25, -0.2) is 0 Å². The Labute approximate surface area is 147 Å². The molecular formula is C19H21ClN2O2. The summed E-state index contributed by atoms with van der Waals surface area (Å²) >= 11 is 5.90. The van der Waals surface area contributed by atoms with Crippen LogP contribution in [0.2, 0.25) is 5.02 Å². The largest absolute Gasteiger partial charge is 0.493 e. The highest BCUT2D eigenvalue weighted by atomic mass is 35.5. The summed E-state index contributed by atoms with van der Waals surface area (Å²) in [5, 5.41) is 4.26. The summed E-state index contributed by atoms with van der Waals surface area (Å²) in [6.07, 6.45) is 2.86. The summed E-state index contributed by atoms with van der Waals surface area (Å²) in [6.45, 7) is 1.61. The van der Waals surface area contributed by atoms with Crippen LogP contribution in [0.15, 0.2) is 41.4 Å². The minimum absolute atomic E-state index is 0.178. The number of hydrogen-bond acceptors (Lipinski definition) is 4. The van der Waals surface area contributed by atoms with E-state index in [0.29, 0.717) is 6.54 Å². The van der Waals surface area contributed by atoms with Gasteiger partial charge < -0.3 is 14.8 Å². The van der Waals surface area contributed by atoms with Crippen molar-refractivity contribution in [3.63, 3.8) is 0 Å². The smallest absolute Gasteiger partial charge is 0.161 e. The van der Waals surface area contributed by atoms with E-state index in [4.69, 9.17) is 21.1 Å². The third-order valence-corrected chi connectivity index (χ3v) is 4.46. The fourth-order valence-electron chi connectivity index (χ4n) is 2.94. The van der Waals surface area contributed by atoms with Crippen molar-refractivity contribution in [1.29, 1.82) is 0 Å². The molecule has 4 nitrogen and oxygen atoms in total. The second-order valence-corrected chi connectivity index (χ2v) is 6.14. The molecule has 0 saturated heterocycles. The van der Waals surface area contributed by atoms with Gasteiger partial charge in [-0.1, -0.05) is 23.7 Å². The van der Waals surface area contributed by atoms with E-state index in [1.54, 1.807) is 14.2 Å². The van der Waals surface area contributed by atoms with E-state index in [1.165, 1.54) is 11.1 Å². The third-order valence-electron chi connectivity index (χ3n) is 4.20. The van der Waals surface area contributed by atoms with Gasteiger partial charge in [-0.2, -0.15) is 0 Å². The lowest BCUT2D eigenvalue weighted by atomic mass is 9.93. The van der Waals surface area contributed by atoms with Crippen molar-refractivity contribution in [2.45, 2.75) is 12.5 Å². The number of hydrogen-bond donors (Lipinski definition) is 1. The Morgan fingerprint density at radius 1 is 1.17 bits per heavy atom. The van der Waals surface area contributed by atoms with Crippen LogP contribution in [-0.4, -0.2) is 33.5 Å². The minimum Gasteiger partial charge on any atom is -0.493 e. The molecule has 1 atom stereocenters. The van der Waals surface area contributed by atoms with Crippen LogP contribution < -0.4 is 14.8 Å². The highest BCUT2D eigenvalue weighted by molar-refractivity contribution is 6.30. The monoisotopic (exact) mass is 344 g/mol. The Balaban J connectivity index is 1.77. The molecule has 0 amide bonds. The number of fused-ring (bicyclic) bond motifs is 1. The van der Waals surface area contributed by atoms with Crippen molar-refractivity contribution in [2.24, 2.45) is 4.99 Å². The molecule has 0 aromatic heterocycles. The van der Waals surface area contributed by atoms with Crippen LogP contribution in [0.5, 0.6) is 11.5 Å². The Kier molecular flexibility index (Phi) is 5.38. The van der Waals surface area contributed by atoms with Crippen LogP contribution in [0.25, 0.3) is 0 Å². The zero-order valence-electron chi connectivity index (χ0n) is 13.9. The first-order valence-electron chi connectivity index (χ1n) is 7.95. The molecule has 3 rings (SSSR count). The van der Waals surface area contributed by atoms with Crippen molar-refractivity contribution >= 4 is 17.8 Å². The average molecular weight is 345 g/mol. The minimum atomic E-state index is 0.178. The van der Waals surface area contributed by atoms with Gasteiger partial charge in [0, 0.05) is 11.2 Å². The van der Waals surface area contributed by atoms with E-state index < -0.39 is 0 Å². The molecule has 0 spiro atoms. The molecule has 0 aliphatic carbocycles. The maximum absolute atomic E-state index is 5.90. The van der Waals surface area contributed by atoms with Gasteiger partial charge in [0.15, 0.2) is 11.5 Å². The Hall–Kier alpha value is -2.04. The van der Waals surface area contributed by atoms with Crippen molar-refractivity contribution in [3.05, 3.63) is 58.1 Å². The summed E-state index contributed by atoms with van der Waals surface area (Å²) in [5.74, 6) is 1.54. The van der Waals surface area contributed by atoms with Gasteiger partial charge in [-0.3, -0.25) is 4.99 Å². The molecular weight excluding hydrogens is 324 g/mol. The van der Waals surface area contributed by atoms with Crippen LogP contribution >= 0.6 is 11.6 Å². The van der Waals surface area contributed by atoms with Crippen molar-refractivity contribution in [2.75, 3.05) is 27.3 Å². The van der Waals surface area contributed by atoms with E-state index in [-0.39, 0.29) is 6.04 Å². The summed E-state index contributed by atoms with van der Waals surface area (Å²) in [5.41, 5.74) is 3.56. The summed E-state index contributed by atoms with van der Waals surface area (Å²) in [4.78, 5) is 4.59. The lowest BCUT2D eigenvalue weighted by Crippen LogP contribution is -2.31. The van der Waals surface area contributed by atoms with Crippen molar-refractivity contribution < 1.29 is 9.47 Å². The Bertz CT molecular complexity index is 729. The third kappa shape index (κ3) is 3.71. The molecule has 1 N–H and O–H groups in total. The lowest BCUT2D eigenvalue weighted by molar-refractivity contribution is 0.352. The van der Waals surface area contributed by atoms with E-state index in [0.717, 1.165) is 35.1 Å². The molecule has 2 aromatic carbocycles. The van der Waals surface area contributed by atoms with Crippen molar-refractivity contribution in [1.82, 2.24) is 5.32 Å². The second-order valence-electron chi connectivity index (χ2n) is 5.71. The van der Waals surface area contributed by atoms with E-state index in [1.807, 2.05) is 30.5 Å². The average Bonchev–Trinajstić information content (AvgIpc) is 2.62. The maximum Gasteiger partial charge on any atom is 0.161 e. The van der Waals surface area contributed by atoms with Gasteiger partial charge in [0.2, 0.25) is 0 Å². The summed E-state index contributed by atoms with van der Waals surface area (Å²) < 4.78 is 10.8. The molecule has 1 aliphatic heterocycles. The molecule has 0 saturated carbocycles. The number of rotatable bonds is 5. The summed E-state index contributed by atoms with van der Waals surface area (Å²) in [6, 6.07) is 12.0. The quantitative estimate of drug-likeness (QED) is 0.842. The van der Waals surface area contributed by atoms with E-state index in [2.05, 4.69) is 22.4 Å². The van der Waals surface area contributed by atoms with Crippen LogP contribution in [0.3, 0.4) is 0 Å². The normalized spacial score (nSPS) is 16.9. The zero-order valence-corrected chi connectivity index (χ0v) is 14.6. The number of ether oxygens (including phenoxy) is 2. The molecule has 24 heavy (non-hydrogen) atoms. The fourth-order valence-corrected chi connectivity index (χ4v) is 3.07. The molecule has 1 heterocycles. The van der Waals surface area contributed by atoms with Crippen LogP contribution in [0.1, 0.15) is 22.7 Å². The molecule has 126 valence electrons. The molecule has 2 aromatic rings. The standard InChI is InChI=1S/C19H21ClN2O2/c1-23-18-9-14-7-8-22-17(16(14)10-19(18)24-2)12-21-11-13-3-5-15(20)6-4-13/h3-6,9-11,17,22H,7-8,12H2,1-2H3. The van der Waals surface area contributed by atoms with Crippen LogP contribution in [0.4, 0.5) is 0 Å². The molecule has 0 bridgehead atoms. The van der Waals surface area contributed by atoms with Gasteiger partial charge in [0.05, 0.1) is 26.8 Å². The number of nitrogens with one attached hydrogen (secondary N) is 1. The second kappa shape index (κ2) is 7.69. The topological polar surface area (TPSA) is 42.9 Å². The first-order chi connectivity index (χ1) is 11.7. The predicted molar refractivity (Wildman–Crippen MR) is 97.9 cm³/mol.